The van der Waals surface area contributed by atoms with Gasteiger partial charge in [0.2, 0.25) is 0 Å². The second-order valence-electron chi connectivity index (χ2n) is 7.08. The largest absolute Gasteiger partial charge is 0.381 e. The summed E-state index contributed by atoms with van der Waals surface area (Å²) in [5.74, 6) is 0.820. The Morgan fingerprint density at radius 3 is 2.76 bits per heavy atom. The van der Waals surface area contributed by atoms with Crippen LogP contribution in [0.2, 0.25) is 5.02 Å². The zero-order valence-electron chi connectivity index (χ0n) is 17.0. The van der Waals surface area contributed by atoms with E-state index >= 15 is 0 Å². The Balaban J connectivity index is 0.00000300. The monoisotopic (exact) mass is 548 g/mol. The number of ether oxygens (including phenoxy) is 1. The Labute approximate surface area is 199 Å². The molecule has 0 aliphatic carbocycles. The van der Waals surface area contributed by atoms with Gasteiger partial charge in [0.1, 0.15) is 0 Å². The third kappa shape index (κ3) is 6.80. The summed E-state index contributed by atoms with van der Waals surface area (Å²) in [5, 5.41) is 8.88. The maximum atomic E-state index is 6.26. The van der Waals surface area contributed by atoms with Crippen LogP contribution in [0.4, 0.5) is 0 Å². The highest BCUT2D eigenvalue weighted by molar-refractivity contribution is 14.0. The minimum Gasteiger partial charge on any atom is -0.381 e. The molecule has 3 rings (SSSR count). The lowest BCUT2D eigenvalue weighted by atomic mass is 9.74. The van der Waals surface area contributed by atoms with Crippen LogP contribution in [0.25, 0.3) is 0 Å². The van der Waals surface area contributed by atoms with Crippen LogP contribution in [0.15, 0.2) is 35.5 Å². The molecule has 0 spiro atoms. The quantitative estimate of drug-likeness (QED) is 0.305. The van der Waals surface area contributed by atoms with Crippen LogP contribution in [0, 0.1) is 0 Å². The van der Waals surface area contributed by atoms with Gasteiger partial charge < -0.3 is 15.4 Å². The molecule has 2 N–H and O–H groups in total. The van der Waals surface area contributed by atoms with Crippen LogP contribution in [0.1, 0.15) is 35.2 Å². The molecule has 0 bridgehead atoms. The zero-order chi connectivity index (χ0) is 19.8. The highest BCUT2D eigenvalue weighted by Crippen LogP contribution is 2.35. The van der Waals surface area contributed by atoms with Crippen molar-refractivity contribution in [2.45, 2.75) is 38.0 Å². The van der Waals surface area contributed by atoms with Crippen molar-refractivity contribution >= 4 is 52.9 Å². The maximum absolute atomic E-state index is 6.26. The fraction of sp³-hybridized carbons (Fsp3) is 0.524. The standard InChI is InChI=1S/C21H29ClN4OS.HI/c1-3-18-14-25-19(28-18)7-10-24-20(23-2)26-15-21(8-11-27-12-9-21)16-5-4-6-17(22)13-16;/h4-6,13-14H,3,7-12,15H2,1-2H3,(H2,23,24,26);1H. The van der Waals surface area contributed by atoms with Crippen molar-refractivity contribution in [2.75, 3.05) is 33.4 Å². The summed E-state index contributed by atoms with van der Waals surface area (Å²) in [6, 6.07) is 8.20. The van der Waals surface area contributed by atoms with Crippen LogP contribution in [-0.4, -0.2) is 44.3 Å². The number of halogens is 2. The minimum absolute atomic E-state index is 0. The van der Waals surface area contributed by atoms with Crippen molar-refractivity contribution in [1.82, 2.24) is 15.6 Å². The summed E-state index contributed by atoms with van der Waals surface area (Å²) in [7, 11) is 1.81. The number of hydrogen-bond acceptors (Lipinski definition) is 4. The van der Waals surface area contributed by atoms with Crippen LogP contribution >= 0.6 is 46.9 Å². The topological polar surface area (TPSA) is 58.5 Å². The molecular formula is C21H30ClIN4OS. The summed E-state index contributed by atoms with van der Waals surface area (Å²) >= 11 is 8.05. The molecule has 0 atom stereocenters. The van der Waals surface area contributed by atoms with E-state index in [0.29, 0.717) is 0 Å². The van der Waals surface area contributed by atoms with Gasteiger partial charge in [0.25, 0.3) is 0 Å². The van der Waals surface area contributed by atoms with Gasteiger partial charge >= 0.3 is 0 Å². The lowest BCUT2D eigenvalue weighted by molar-refractivity contribution is 0.0514. The predicted molar refractivity (Wildman–Crippen MR) is 133 cm³/mol. The van der Waals surface area contributed by atoms with E-state index < -0.39 is 0 Å². The third-order valence-corrected chi connectivity index (χ3v) is 6.72. The Morgan fingerprint density at radius 2 is 2.10 bits per heavy atom. The van der Waals surface area contributed by atoms with E-state index in [2.05, 4.69) is 39.7 Å². The highest BCUT2D eigenvalue weighted by Gasteiger charge is 2.34. The van der Waals surface area contributed by atoms with Gasteiger partial charge in [-0.2, -0.15) is 0 Å². The first-order chi connectivity index (χ1) is 13.6. The number of aliphatic imine (C=N–C) groups is 1. The lowest BCUT2D eigenvalue weighted by Crippen LogP contribution is -2.48. The number of aryl methyl sites for hydroxylation is 1. The predicted octanol–water partition coefficient (Wildman–Crippen LogP) is 4.43. The van der Waals surface area contributed by atoms with E-state index in [1.807, 2.05) is 25.4 Å². The molecule has 0 unspecified atom stereocenters. The molecule has 8 heteroatoms. The van der Waals surface area contributed by atoms with E-state index in [1.165, 1.54) is 15.4 Å². The van der Waals surface area contributed by atoms with Crippen molar-refractivity contribution < 1.29 is 4.74 Å². The molecule has 0 saturated carbocycles. The molecule has 1 fully saturated rings. The molecule has 1 aromatic carbocycles. The summed E-state index contributed by atoms with van der Waals surface area (Å²) in [4.78, 5) is 10.2. The summed E-state index contributed by atoms with van der Waals surface area (Å²) in [6.45, 7) is 5.30. The van der Waals surface area contributed by atoms with Crippen molar-refractivity contribution in [1.29, 1.82) is 0 Å². The van der Waals surface area contributed by atoms with Crippen molar-refractivity contribution in [3.63, 3.8) is 0 Å². The number of aromatic nitrogens is 1. The van der Waals surface area contributed by atoms with Crippen LogP contribution in [0.3, 0.4) is 0 Å². The Bertz CT molecular complexity index is 792. The smallest absolute Gasteiger partial charge is 0.191 e. The number of benzene rings is 1. The average Bonchev–Trinajstić information content (AvgIpc) is 3.19. The van der Waals surface area contributed by atoms with E-state index in [4.69, 9.17) is 16.3 Å². The fourth-order valence-corrected chi connectivity index (χ4v) is 4.59. The number of nitrogens with zero attached hydrogens (tertiary/aromatic N) is 2. The molecule has 1 saturated heterocycles. The van der Waals surface area contributed by atoms with Crippen molar-refractivity contribution in [3.05, 3.63) is 50.9 Å². The normalized spacial score (nSPS) is 16.2. The second kappa shape index (κ2) is 12.1. The maximum Gasteiger partial charge on any atom is 0.191 e. The molecule has 0 amide bonds. The van der Waals surface area contributed by atoms with Crippen LogP contribution in [0.5, 0.6) is 0 Å². The minimum atomic E-state index is 0. The van der Waals surface area contributed by atoms with Crippen molar-refractivity contribution in [3.8, 4) is 0 Å². The first kappa shape index (κ1) is 24.4. The molecule has 1 aliphatic heterocycles. The SMILES string of the molecule is CCc1cnc(CCNC(=NC)NCC2(c3cccc(Cl)c3)CCOCC2)s1.I. The van der Waals surface area contributed by atoms with Gasteiger partial charge in [-0.15, -0.1) is 35.3 Å². The molecule has 160 valence electrons. The third-order valence-electron chi connectivity index (χ3n) is 5.29. The molecule has 2 aromatic rings. The Morgan fingerprint density at radius 1 is 1.31 bits per heavy atom. The van der Waals surface area contributed by atoms with Gasteiger partial charge in [0.15, 0.2) is 5.96 Å². The zero-order valence-corrected chi connectivity index (χ0v) is 20.9. The second-order valence-corrected chi connectivity index (χ2v) is 8.72. The number of thiazole rings is 1. The molecule has 1 aromatic heterocycles. The molecule has 5 nitrogen and oxygen atoms in total. The van der Waals surface area contributed by atoms with E-state index in [9.17, 15) is 0 Å². The lowest BCUT2D eigenvalue weighted by Gasteiger charge is -2.38. The Kier molecular flexibility index (Phi) is 10.1. The van der Waals surface area contributed by atoms with Crippen LogP contribution < -0.4 is 10.6 Å². The van der Waals surface area contributed by atoms with Gasteiger partial charge in [-0.1, -0.05) is 30.7 Å². The van der Waals surface area contributed by atoms with Gasteiger partial charge in [-0.3, -0.25) is 4.99 Å². The molecule has 2 heterocycles. The van der Waals surface area contributed by atoms with Gasteiger partial charge in [0.05, 0.1) is 5.01 Å². The Hall–Kier alpha value is -0.900. The summed E-state index contributed by atoms with van der Waals surface area (Å²) in [6.07, 6.45) is 5.86. The number of rotatable bonds is 7. The van der Waals surface area contributed by atoms with Gasteiger partial charge in [-0.25, -0.2) is 4.98 Å². The molecule has 29 heavy (non-hydrogen) atoms. The summed E-state index contributed by atoms with van der Waals surface area (Å²) in [5.41, 5.74) is 1.27. The fourth-order valence-electron chi connectivity index (χ4n) is 3.54. The average molecular weight is 549 g/mol. The first-order valence-corrected chi connectivity index (χ1v) is 11.1. The summed E-state index contributed by atoms with van der Waals surface area (Å²) < 4.78 is 5.62. The van der Waals surface area contributed by atoms with Crippen LogP contribution in [-0.2, 0) is 23.0 Å². The van der Waals surface area contributed by atoms with E-state index in [0.717, 1.165) is 63.0 Å². The van der Waals surface area contributed by atoms with E-state index in [-0.39, 0.29) is 29.4 Å². The van der Waals surface area contributed by atoms with Gasteiger partial charge in [-0.05, 0) is 37.0 Å². The molecule has 0 radical (unpaired) electrons. The molecular weight excluding hydrogens is 519 g/mol. The van der Waals surface area contributed by atoms with Gasteiger partial charge in [0, 0.05) is 61.3 Å². The number of hydrogen-bond donors (Lipinski definition) is 2. The number of guanidine groups is 1. The first-order valence-electron chi connectivity index (χ1n) is 9.87. The highest BCUT2D eigenvalue weighted by atomic mass is 127. The van der Waals surface area contributed by atoms with E-state index in [1.54, 1.807) is 11.3 Å². The van der Waals surface area contributed by atoms with Crippen molar-refractivity contribution in [2.24, 2.45) is 4.99 Å². The number of nitrogens with one attached hydrogen (secondary N) is 2. The molecule has 1 aliphatic rings.